The van der Waals surface area contributed by atoms with Crippen LogP contribution >= 0.6 is 0 Å². The molecule has 232 valence electrons. The van der Waals surface area contributed by atoms with Crippen molar-refractivity contribution in [2.45, 2.75) is 39.5 Å². The average Bonchev–Trinajstić information content (AvgIpc) is 3.53. The second-order valence-electron chi connectivity index (χ2n) is 11.1. The molecule has 0 radical (unpaired) electrons. The van der Waals surface area contributed by atoms with Crippen LogP contribution in [0.1, 0.15) is 47.4 Å². The van der Waals surface area contributed by atoms with Gasteiger partial charge in [0, 0.05) is 48.5 Å². The third-order valence-corrected chi connectivity index (χ3v) is 8.40. The summed E-state index contributed by atoms with van der Waals surface area (Å²) in [7, 11) is 3.26. The molecule has 11 heteroatoms. The van der Waals surface area contributed by atoms with Crippen LogP contribution in [0.15, 0.2) is 64.1 Å². The van der Waals surface area contributed by atoms with E-state index in [1.54, 1.807) is 49.7 Å². The van der Waals surface area contributed by atoms with Gasteiger partial charge in [0.1, 0.15) is 16.8 Å². The lowest BCUT2D eigenvalue weighted by molar-refractivity contribution is 0.102. The Labute approximate surface area is 258 Å². The molecular weight excluding hydrogens is 579 g/mol. The molecular formula is C34H33FN4O6. The van der Waals surface area contributed by atoms with Crippen molar-refractivity contribution in [3.63, 3.8) is 0 Å². The number of carbonyl (C=O) groups excluding carboxylic acids is 1. The van der Waals surface area contributed by atoms with Crippen LogP contribution in [0, 0.1) is 25.6 Å². The van der Waals surface area contributed by atoms with Crippen LogP contribution in [-0.4, -0.2) is 34.2 Å². The molecule has 1 aromatic carbocycles. The maximum absolute atomic E-state index is 15.3. The van der Waals surface area contributed by atoms with Gasteiger partial charge in [-0.25, -0.2) is 9.37 Å². The van der Waals surface area contributed by atoms with Crippen LogP contribution in [0.5, 0.6) is 23.1 Å². The number of pyridine rings is 3. The zero-order chi connectivity index (χ0) is 31.7. The molecule has 4 aromatic heterocycles. The third-order valence-electron chi connectivity index (χ3n) is 8.40. The predicted octanol–water partition coefficient (Wildman–Crippen LogP) is 6.97. The van der Waals surface area contributed by atoms with Gasteiger partial charge in [-0.05, 0) is 50.5 Å². The van der Waals surface area contributed by atoms with Crippen LogP contribution in [0.3, 0.4) is 0 Å². The number of halogens is 1. The molecule has 1 fully saturated rings. The van der Waals surface area contributed by atoms with Crippen LogP contribution < -0.4 is 25.0 Å². The molecule has 0 unspecified atom stereocenters. The van der Waals surface area contributed by atoms with E-state index in [4.69, 9.17) is 18.6 Å². The second-order valence-corrected chi connectivity index (χ2v) is 11.1. The van der Waals surface area contributed by atoms with Crippen LogP contribution in [-0.2, 0) is 7.05 Å². The van der Waals surface area contributed by atoms with E-state index < -0.39 is 17.2 Å². The Bertz CT molecular complexity index is 1950. The van der Waals surface area contributed by atoms with Crippen molar-refractivity contribution in [3.05, 3.63) is 87.9 Å². The van der Waals surface area contributed by atoms with E-state index in [2.05, 4.69) is 15.3 Å². The molecule has 1 N–H and O–H groups in total. The van der Waals surface area contributed by atoms with Gasteiger partial charge in [0.2, 0.25) is 5.43 Å². The fourth-order valence-corrected chi connectivity index (χ4v) is 5.45. The fourth-order valence-electron chi connectivity index (χ4n) is 5.45. The molecule has 0 aliphatic heterocycles. The highest BCUT2D eigenvalue weighted by atomic mass is 19.1. The van der Waals surface area contributed by atoms with Crippen LogP contribution in [0.25, 0.3) is 22.4 Å². The molecule has 0 spiro atoms. The fraction of sp³-hybridized carbons (Fsp3) is 0.294. The SMILES string of the molecule is COc1nc2c(Oc3ccc(NC(=O)c4c(C)n(C)c(C)c(-c5ccco5)c4=O)cc3F)ccnc2cc1OCCC1CCC1. The Kier molecular flexibility index (Phi) is 8.25. The minimum Gasteiger partial charge on any atom is -0.488 e. The molecule has 5 aromatic rings. The standard InChI is InChI=1S/C34H33FN4O6/c1-19-29(26-9-6-15-43-26)32(40)30(20(2)39(19)3)33(41)37-22-10-11-25(23(35)17-22)45-27-12-14-36-24-18-28(34(42-4)38-31(24)27)44-16-13-21-7-5-8-21/h6,9-12,14-15,17-18,21H,5,7-8,13,16H2,1-4H3,(H,37,41). The first-order valence-corrected chi connectivity index (χ1v) is 14.7. The maximum Gasteiger partial charge on any atom is 0.261 e. The van der Waals surface area contributed by atoms with E-state index in [-0.39, 0.29) is 34.2 Å². The Morgan fingerprint density at radius 3 is 2.62 bits per heavy atom. The molecule has 6 rings (SSSR count). The quantitative estimate of drug-likeness (QED) is 0.180. The Morgan fingerprint density at radius 1 is 1.11 bits per heavy atom. The maximum atomic E-state index is 15.3. The molecule has 1 saturated carbocycles. The zero-order valence-corrected chi connectivity index (χ0v) is 25.5. The summed E-state index contributed by atoms with van der Waals surface area (Å²) < 4.78 is 39.9. The number of hydrogen-bond acceptors (Lipinski definition) is 8. The first kappa shape index (κ1) is 29.9. The lowest BCUT2D eigenvalue weighted by Crippen LogP contribution is -2.28. The summed E-state index contributed by atoms with van der Waals surface area (Å²) in [6.45, 7) is 4.02. The summed E-state index contributed by atoms with van der Waals surface area (Å²) in [4.78, 5) is 35.7. The van der Waals surface area contributed by atoms with Crippen molar-refractivity contribution in [2.75, 3.05) is 19.0 Å². The van der Waals surface area contributed by atoms with Gasteiger partial charge < -0.3 is 28.5 Å². The molecule has 4 heterocycles. The number of amides is 1. The van der Waals surface area contributed by atoms with E-state index in [0.29, 0.717) is 46.5 Å². The Morgan fingerprint density at radius 2 is 1.93 bits per heavy atom. The number of carbonyl (C=O) groups is 1. The van der Waals surface area contributed by atoms with Crippen molar-refractivity contribution >= 4 is 22.6 Å². The first-order chi connectivity index (χ1) is 21.7. The lowest BCUT2D eigenvalue weighted by Gasteiger charge is -2.25. The van der Waals surface area contributed by atoms with E-state index in [1.807, 2.05) is 0 Å². The minimum atomic E-state index is -0.731. The molecule has 0 bridgehead atoms. The number of fused-ring (bicyclic) bond motifs is 1. The number of methoxy groups -OCH3 is 1. The monoisotopic (exact) mass is 612 g/mol. The van der Waals surface area contributed by atoms with Gasteiger partial charge in [-0.1, -0.05) is 19.3 Å². The largest absolute Gasteiger partial charge is 0.488 e. The first-order valence-electron chi connectivity index (χ1n) is 14.7. The molecule has 1 amide bonds. The molecule has 1 aliphatic rings. The lowest BCUT2D eigenvalue weighted by atomic mass is 9.83. The highest BCUT2D eigenvalue weighted by Gasteiger charge is 2.24. The topological polar surface area (TPSA) is 118 Å². The number of benzene rings is 1. The summed E-state index contributed by atoms with van der Waals surface area (Å²) in [5.74, 6) is 0.593. The summed E-state index contributed by atoms with van der Waals surface area (Å²) in [5, 5.41) is 2.64. The van der Waals surface area contributed by atoms with Crippen molar-refractivity contribution in [1.29, 1.82) is 0 Å². The summed E-state index contributed by atoms with van der Waals surface area (Å²) in [5.41, 5.74) is 1.88. The minimum absolute atomic E-state index is 0.0649. The van der Waals surface area contributed by atoms with Gasteiger partial charge in [-0.3, -0.25) is 14.6 Å². The second kappa shape index (κ2) is 12.4. The summed E-state index contributed by atoms with van der Waals surface area (Å²) in [6.07, 6.45) is 7.73. The summed E-state index contributed by atoms with van der Waals surface area (Å²) in [6, 6.07) is 10.7. The zero-order valence-electron chi connectivity index (χ0n) is 25.5. The van der Waals surface area contributed by atoms with E-state index in [9.17, 15) is 9.59 Å². The number of nitrogens with one attached hydrogen (secondary N) is 1. The molecule has 45 heavy (non-hydrogen) atoms. The van der Waals surface area contributed by atoms with Gasteiger partial charge in [0.15, 0.2) is 23.1 Å². The number of rotatable bonds is 10. The molecule has 1 aliphatic carbocycles. The van der Waals surface area contributed by atoms with Crippen molar-refractivity contribution in [3.8, 4) is 34.5 Å². The van der Waals surface area contributed by atoms with Gasteiger partial charge >= 0.3 is 0 Å². The van der Waals surface area contributed by atoms with Crippen molar-refractivity contribution in [2.24, 2.45) is 13.0 Å². The van der Waals surface area contributed by atoms with Crippen LogP contribution in [0.4, 0.5) is 10.1 Å². The van der Waals surface area contributed by atoms with Gasteiger partial charge in [0.05, 0.1) is 31.1 Å². The van der Waals surface area contributed by atoms with E-state index in [0.717, 1.165) is 12.5 Å². The molecule has 10 nitrogen and oxygen atoms in total. The predicted molar refractivity (Wildman–Crippen MR) is 167 cm³/mol. The third kappa shape index (κ3) is 5.85. The Hall–Kier alpha value is -5.19. The van der Waals surface area contributed by atoms with Gasteiger partial charge in [-0.2, -0.15) is 0 Å². The van der Waals surface area contributed by atoms with E-state index in [1.165, 1.54) is 51.0 Å². The number of nitrogens with zero attached hydrogens (tertiary/aromatic N) is 3. The number of anilines is 1. The number of furan rings is 1. The molecule has 0 atom stereocenters. The number of ether oxygens (including phenoxy) is 3. The Balaban J connectivity index is 1.22. The van der Waals surface area contributed by atoms with Crippen LogP contribution in [0.2, 0.25) is 0 Å². The highest BCUT2D eigenvalue weighted by molar-refractivity contribution is 6.05. The van der Waals surface area contributed by atoms with Crippen molar-refractivity contribution < 1.29 is 27.8 Å². The summed E-state index contributed by atoms with van der Waals surface area (Å²) >= 11 is 0. The van der Waals surface area contributed by atoms with E-state index >= 15 is 4.39 Å². The van der Waals surface area contributed by atoms with Crippen molar-refractivity contribution in [1.82, 2.24) is 14.5 Å². The van der Waals surface area contributed by atoms with Gasteiger partial charge in [-0.15, -0.1) is 0 Å². The average molecular weight is 613 g/mol. The van der Waals surface area contributed by atoms with Gasteiger partial charge in [0.25, 0.3) is 11.8 Å². The molecule has 0 saturated heterocycles. The highest BCUT2D eigenvalue weighted by Crippen LogP contribution is 2.36. The number of aromatic nitrogens is 3. The smallest absolute Gasteiger partial charge is 0.261 e. The normalized spacial score (nSPS) is 13.0. The number of hydrogen-bond donors (Lipinski definition) is 1.